The first-order valence-electron chi connectivity index (χ1n) is 5.97. The highest BCUT2D eigenvalue weighted by atomic mass is 16.5. The number of nitrogens with one attached hydrogen (secondary N) is 2. The molecule has 106 valence electrons. The number of carbonyl (C=O) groups is 2. The summed E-state index contributed by atoms with van der Waals surface area (Å²) in [7, 11) is 1.49. The number of amides is 1. The third-order valence-electron chi connectivity index (χ3n) is 2.86. The maximum Gasteiger partial charge on any atom is 0.326 e. The van der Waals surface area contributed by atoms with Crippen LogP contribution in [0, 0.1) is 13.8 Å². The van der Waals surface area contributed by atoms with Crippen molar-refractivity contribution in [1.29, 1.82) is 0 Å². The number of hydrogen-bond donors (Lipinski definition) is 3. The van der Waals surface area contributed by atoms with Crippen LogP contribution in [0.4, 0.5) is 0 Å². The molecular formula is C12H19N3O4. The van der Waals surface area contributed by atoms with Gasteiger partial charge in [-0.05, 0) is 13.8 Å². The van der Waals surface area contributed by atoms with Crippen LogP contribution in [0.3, 0.4) is 0 Å². The molecule has 1 aromatic rings. The normalized spacial score (nSPS) is 12.2. The first kappa shape index (κ1) is 15.2. The summed E-state index contributed by atoms with van der Waals surface area (Å²) < 4.78 is 4.82. The number of ether oxygens (including phenoxy) is 1. The van der Waals surface area contributed by atoms with Crippen LogP contribution >= 0.6 is 0 Å². The van der Waals surface area contributed by atoms with Gasteiger partial charge in [-0.25, -0.2) is 4.79 Å². The second kappa shape index (κ2) is 6.89. The number of hydrogen-bond acceptors (Lipinski definition) is 4. The molecule has 0 saturated heterocycles. The zero-order valence-corrected chi connectivity index (χ0v) is 11.3. The Labute approximate surface area is 111 Å². The maximum absolute atomic E-state index is 11.8. The Morgan fingerprint density at radius 3 is 2.63 bits per heavy atom. The van der Waals surface area contributed by atoms with E-state index in [1.807, 2.05) is 6.92 Å². The molecule has 0 radical (unpaired) electrons. The van der Waals surface area contributed by atoms with Crippen LogP contribution in [-0.2, 0) is 20.7 Å². The Balaban J connectivity index is 2.60. The smallest absolute Gasteiger partial charge is 0.326 e. The van der Waals surface area contributed by atoms with Gasteiger partial charge < -0.3 is 15.2 Å². The van der Waals surface area contributed by atoms with E-state index in [2.05, 4.69) is 15.5 Å². The fourth-order valence-electron chi connectivity index (χ4n) is 1.73. The molecule has 3 N–H and O–H groups in total. The second-order valence-corrected chi connectivity index (χ2v) is 4.33. The molecule has 7 heteroatoms. The first-order chi connectivity index (χ1) is 8.95. The third kappa shape index (κ3) is 4.36. The quantitative estimate of drug-likeness (QED) is 0.654. The van der Waals surface area contributed by atoms with Gasteiger partial charge in [0.15, 0.2) is 0 Å². The first-order valence-corrected chi connectivity index (χ1v) is 5.97. The van der Waals surface area contributed by atoms with Gasteiger partial charge in [0.25, 0.3) is 0 Å². The van der Waals surface area contributed by atoms with Gasteiger partial charge >= 0.3 is 5.97 Å². The summed E-state index contributed by atoms with van der Waals surface area (Å²) in [5, 5.41) is 18.3. The molecule has 7 nitrogen and oxygen atoms in total. The predicted molar refractivity (Wildman–Crippen MR) is 67.8 cm³/mol. The number of H-pyrrole nitrogens is 1. The molecule has 1 unspecified atom stereocenters. The van der Waals surface area contributed by atoms with E-state index in [0.29, 0.717) is 0 Å². The summed E-state index contributed by atoms with van der Waals surface area (Å²) in [5.74, 6) is -1.40. The maximum atomic E-state index is 11.8. The Hall–Kier alpha value is -1.89. The number of aryl methyl sites for hydroxylation is 2. The molecule has 0 saturated carbocycles. The van der Waals surface area contributed by atoms with Crippen LogP contribution in [0.1, 0.15) is 23.4 Å². The molecule has 0 aliphatic rings. The number of carboxylic acid groups (broad SMARTS) is 1. The van der Waals surface area contributed by atoms with Crippen LogP contribution < -0.4 is 5.32 Å². The average Bonchev–Trinajstić information content (AvgIpc) is 2.66. The van der Waals surface area contributed by atoms with Gasteiger partial charge in [-0.2, -0.15) is 5.10 Å². The van der Waals surface area contributed by atoms with Gasteiger partial charge in [-0.15, -0.1) is 0 Å². The number of aromatic nitrogens is 2. The Morgan fingerprint density at radius 2 is 2.16 bits per heavy atom. The Morgan fingerprint density at radius 1 is 1.47 bits per heavy atom. The highest BCUT2D eigenvalue weighted by Gasteiger charge is 2.20. The number of carbonyl (C=O) groups excluding carboxylic acids is 1. The number of rotatable bonds is 7. The summed E-state index contributed by atoms with van der Waals surface area (Å²) in [6.07, 6.45) is 0.353. The molecule has 0 fully saturated rings. The van der Waals surface area contributed by atoms with Crippen molar-refractivity contribution in [3.05, 3.63) is 17.0 Å². The summed E-state index contributed by atoms with van der Waals surface area (Å²) in [6, 6.07) is -0.931. The molecule has 1 atom stereocenters. The van der Waals surface area contributed by atoms with Crippen molar-refractivity contribution in [2.45, 2.75) is 32.7 Å². The molecule has 0 aromatic carbocycles. The molecule has 0 aliphatic heterocycles. The van der Waals surface area contributed by atoms with Gasteiger partial charge in [0.2, 0.25) is 5.91 Å². The molecule has 0 aliphatic carbocycles. The second-order valence-electron chi connectivity index (χ2n) is 4.33. The van der Waals surface area contributed by atoms with Gasteiger partial charge in [0.1, 0.15) is 6.04 Å². The molecule has 19 heavy (non-hydrogen) atoms. The molecule has 1 aromatic heterocycles. The van der Waals surface area contributed by atoms with E-state index in [0.717, 1.165) is 17.0 Å². The third-order valence-corrected chi connectivity index (χ3v) is 2.86. The molecule has 1 heterocycles. The van der Waals surface area contributed by atoms with Gasteiger partial charge in [0, 0.05) is 31.4 Å². The van der Waals surface area contributed by atoms with Crippen molar-refractivity contribution >= 4 is 11.9 Å². The predicted octanol–water partition coefficient (Wildman–Crippen LogP) is 0.175. The van der Waals surface area contributed by atoms with Crippen molar-refractivity contribution in [1.82, 2.24) is 15.5 Å². The van der Waals surface area contributed by atoms with Crippen molar-refractivity contribution in [2.24, 2.45) is 0 Å². The molecule has 1 rings (SSSR count). The van der Waals surface area contributed by atoms with Crippen molar-refractivity contribution < 1.29 is 19.4 Å². The minimum Gasteiger partial charge on any atom is -0.480 e. The number of nitrogens with zero attached hydrogens (tertiary/aromatic N) is 1. The molecule has 0 spiro atoms. The van der Waals surface area contributed by atoms with Crippen molar-refractivity contribution in [3.8, 4) is 0 Å². The zero-order chi connectivity index (χ0) is 14.4. The SMILES string of the molecule is COCCC(NC(=O)Cc1c(C)n[nH]c1C)C(=O)O. The van der Waals surface area contributed by atoms with Crippen LogP contribution in [0.5, 0.6) is 0 Å². The van der Waals surface area contributed by atoms with E-state index >= 15 is 0 Å². The van der Waals surface area contributed by atoms with E-state index in [-0.39, 0.29) is 25.4 Å². The Bertz CT molecular complexity index is 436. The zero-order valence-electron chi connectivity index (χ0n) is 11.3. The van der Waals surface area contributed by atoms with E-state index in [1.54, 1.807) is 6.92 Å². The van der Waals surface area contributed by atoms with Crippen LogP contribution in [0.25, 0.3) is 0 Å². The van der Waals surface area contributed by atoms with Gasteiger partial charge in [0.05, 0.1) is 12.1 Å². The van der Waals surface area contributed by atoms with Crippen LogP contribution in [0.15, 0.2) is 0 Å². The van der Waals surface area contributed by atoms with Gasteiger partial charge in [-0.1, -0.05) is 0 Å². The van der Waals surface area contributed by atoms with Crippen LogP contribution in [-0.4, -0.2) is 46.9 Å². The lowest BCUT2D eigenvalue weighted by Crippen LogP contribution is -2.42. The standard InChI is InChI=1S/C12H19N3O4/c1-7-9(8(2)15-14-7)6-11(16)13-10(12(17)18)4-5-19-3/h10H,4-6H2,1-3H3,(H,13,16)(H,14,15)(H,17,18). The monoisotopic (exact) mass is 269 g/mol. The number of methoxy groups -OCH3 is 1. The van der Waals surface area contributed by atoms with E-state index in [9.17, 15) is 9.59 Å². The summed E-state index contributed by atoms with van der Waals surface area (Å²) in [4.78, 5) is 22.8. The van der Waals surface area contributed by atoms with Crippen molar-refractivity contribution in [3.63, 3.8) is 0 Å². The summed E-state index contributed by atoms with van der Waals surface area (Å²) in [6.45, 7) is 3.90. The topological polar surface area (TPSA) is 104 Å². The highest BCUT2D eigenvalue weighted by Crippen LogP contribution is 2.10. The van der Waals surface area contributed by atoms with E-state index in [1.165, 1.54) is 7.11 Å². The fraction of sp³-hybridized carbons (Fsp3) is 0.583. The fourth-order valence-corrected chi connectivity index (χ4v) is 1.73. The summed E-state index contributed by atoms with van der Waals surface area (Å²) >= 11 is 0. The molecule has 0 bridgehead atoms. The van der Waals surface area contributed by atoms with Crippen molar-refractivity contribution in [2.75, 3.05) is 13.7 Å². The number of carboxylic acids is 1. The number of aliphatic carboxylic acids is 1. The molecular weight excluding hydrogens is 250 g/mol. The minimum atomic E-state index is -1.06. The summed E-state index contributed by atoms with van der Waals surface area (Å²) in [5.41, 5.74) is 2.36. The number of aromatic amines is 1. The lowest BCUT2D eigenvalue weighted by molar-refractivity contribution is -0.142. The van der Waals surface area contributed by atoms with Crippen LogP contribution in [0.2, 0.25) is 0 Å². The van der Waals surface area contributed by atoms with E-state index in [4.69, 9.17) is 9.84 Å². The lowest BCUT2D eigenvalue weighted by atomic mass is 10.1. The lowest BCUT2D eigenvalue weighted by Gasteiger charge is -2.14. The van der Waals surface area contributed by atoms with Gasteiger partial charge in [-0.3, -0.25) is 9.89 Å². The average molecular weight is 269 g/mol. The molecule has 1 amide bonds. The largest absolute Gasteiger partial charge is 0.480 e. The van der Waals surface area contributed by atoms with E-state index < -0.39 is 12.0 Å². The highest BCUT2D eigenvalue weighted by molar-refractivity contribution is 5.85. The minimum absolute atomic E-state index is 0.116. The Kier molecular flexibility index (Phi) is 5.50.